The lowest BCUT2D eigenvalue weighted by atomic mass is 9.85. The molecule has 1 heterocycles. The maximum absolute atomic E-state index is 13.1. The number of anilines is 2. The fourth-order valence-corrected chi connectivity index (χ4v) is 3.92. The standard InChI is InChI=1S/C28H31N7O3/c1-17(36)21-6-5-7-23(16-21)29-27(38)30-24(19-12-14-22(15-13-19)28(2,3)4)18-8-10-20(11-9-18)25(37)31-26-32-34-35-33-26/h5-17,24,36H,1-4H3,(H2,29,30,38)(H2,31,32,33,34,35,37). The summed E-state index contributed by atoms with van der Waals surface area (Å²) in [6.07, 6.45) is -0.648. The number of nitrogens with one attached hydrogen (secondary N) is 4. The number of aromatic amines is 1. The van der Waals surface area contributed by atoms with Crippen molar-refractivity contribution in [2.24, 2.45) is 0 Å². The number of benzene rings is 3. The van der Waals surface area contributed by atoms with Gasteiger partial charge in [0.1, 0.15) is 0 Å². The first kappa shape index (κ1) is 26.5. The topological polar surface area (TPSA) is 145 Å². The summed E-state index contributed by atoms with van der Waals surface area (Å²) >= 11 is 0. The number of aliphatic hydroxyl groups excluding tert-OH is 1. The van der Waals surface area contributed by atoms with E-state index in [0.29, 0.717) is 16.8 Å². The fraction of sp³-hybridized carbons (Fsp3) is 0.250. The van der Waals surface area contributed by atoms with Gasteiger partial charge in [-0.25, -0.2) is 4.79 Å². The maximum Gasteiger partial charge on any atom is 0.319 e. The molecule has 10 heteroatoms. The third-order valence-electron chi connectivity index (χ3n) is 6.09. The SMILES string of the molecule is CC(O)c1cccc(NC(=O)NC(c2ccc(C(=O)Nc3nn[nH]n3)cc2)c2ccc(C(C)(C)C)cc2)c1. The van der Waals surface area contributed by atoms with Gasteiger partial charge >= 0.3 is 6.03 Å². The predicted molar refractivity (Wildman–Crippen MR) is 145 cm³/mol. The fourth-order valence-electron chi connectivity index (χ4n) is 3.92. The Morgan fingerprint density at radius 1 is 0.895 bits per heavy atom. The van der Waals surface area contributed by atoms with Gasteiger partial charge in [-0.3, -0.25) is 10.1 Å². The van der Waals surface area contributed by atoms with Crippen LogP contribution in [0.25, 0.3) is 0 Å². The molecule has 38 heavy (non-hydrogen) atoms. The van der Waals surface area contributed by atoms with Gasteiger partial charge in [0.25, 0.3) is 11.9 Å². The van der Waals surface area contributed by atoms with Crippen LogP contribution in [-0.4, -0.2) is 37.7 Å². The van der Waals surface area contributed by atoms with Gasteiger partial charge in [-0.15, -0.1) is 5.10 Å². The summed E-state index contributed by atoms with van der Waals surface area (Å²) in [5.74, 6) is -0.304. The Bertz CT molecular complexity index is 1380. The van der Waals surface area contributed by atoms with Crippen LogP contribution in [0.3, 0.4) is 0 Å². The first-order valence-corrected chi connectivity index (χ1v) is 12.2. The molecule has 1 aromatic heterocycles. The molecule has 196 valence electrons. The molecule has 0 aliphatic carbocycles. The third kappa shape index (κ3) is 6.60. The van der Waals surface area contributed by atoms with Crippen LogP contribution in [0.5, 0.6) is 0 Å². The molecule has 0 saturated heterocycles. The smallest absolute Gasteiger partial charge is 0.319 e. The predicted octanol–water partition coefficient (Wildman–Crippen LogP) is 4.71. The van der Waals surface area contributed by atoms with Crippen LogP contribution in [0.4, 0.5) is 16.4 Å². The Morgan fingerprint density at radius 3 is 2.13 bits per heavy atom. The molecule has 4 aromatic rings. The minimum absolute atomic E-state index is 0.0125. The number of hydrogen-bond acceptors (Lipinski definition) is 6. The average Bonchev–Trinajstić information content (AvgIpc) is 3.40. The van der Waals surface area contributed by atoms with Crippen LogP contribution in [0.1, 0.15) is 72.5 Å². The van der Waals surface area contributed by atoms with E-state index in [2.05, 4.69) is 69.5 Å². The molecular formula is C28H31N7O3. The van der Waals surface area contributed by atoms with Crippen molar-refractivity contribution in [2.75, 3.05) is 10.6 Å². The summed E-state index contributed by atoms with van der Waals surface area (Å²) in [4.78, 5) is 25.6. The van der Waals surface area contributed by atoms with E-state index in [4.69, 9.17) is 0 Å². The van der Waals surface area contributed by atoms with E-state index in [9.17, 15) is 14.7 Å². The summed E-state index contributed by atoms with van der Waals surface area (Å²) < 4.78 is 0. The summed E-state index contributed by atoms with van der Waals surface area (Å²) in [6.45, 7) is 8.10. The molecule has 0 spiro atoms. The van der Waals surface area contributed by atoms with Crippen molar-refractivity contribution in [1.82, 2.24) is 25.9 Å². The van der Waals surface area contributed by atoms with E-state index in [-0.39, 0.29) is 17.3 Å². The number of carbonyl (C=O) groups excluding carboxylic acids is 2. The zero-order valence-corrected chi connectivity index (χ0v) is 21.7. The molecule has 0 bridgehead atoms. The van der Waals surface area contributed by atoms with Gasteiger partial charge in [-0.05, 0) is 64.1 Å². The molecule has 0 radical (unpaired) electrons. The van der Waals surface area contributed by atoms with Gasteiger partial charge in [-0.2, -0.15) is 5.21 Å². The van der Waals surface area contributed by atoms with Gasteiger partial charge in [0.2, 0.25) is 0 Å². The maximum atomic E-state index is 13.1. The minimum atomic E-state index is -0.648. The highest BCUT2D eigenvalue weighted by molar-refractivity contribution is 6.03. The highest BCUT2D eigenvalue weighted by Crippen LogP contribution is 2.27. The van der Waals surface area contributed by atoms with Gasteiger partial charge in [0.15, 0.2) is 0 Å². The molecular weight excluding hydrogens is 482 g/mol. The van der Waals surface area contributed by atoms with E-state index in [1.165, 1.54) is 5.56 Å². The van der Waals surface area contributed by atoms with Crippen molar-refractivity contribution in [1.29, 1.82) is 0 Å². The van der Waals surface area contributed by atoms with Gasteiger partial charge < -0.3 is 15.7 Å². The molecule has 2 atom stereocenters. The molecule has 10 nitrogen and oxygen atoms in total. The van der Waals surface area contributed by atoms with Gasteiger partial charge in [0, 0.05) is 11.3 Å². The highest BCUT2D eigenvalue weighted by atomic mass is 16.3. The number of amides is 3. The van der Waals surface area contributed by atoms with E-state index >= 15 is 0 Å². The number of aliphatic hydroxyl groups is 1. The second-order valence-corrected chi connectivity index (χ2v) is 10.0. The number of carbonyl (C=O) groups is 2. The summed E-state index contributed by atoms with van der Waals surface area (Å²) in [5.41, 5.74) is 4.50. The number of hydrogen-bond donors (Lipinski definition) is 5. The molecule has 2 unspecified atom stereocenters. The number of rotatable bonds is 7. The monoisotopic (exact) mass is 513 g/mol. The molecule has 0 aliphatic rings. The number of urea groups is 1. The van der Waals surface area contributed by atoms with Crippen molar-refractivity contribution in [3.8, 4) is 0 Å². The Kier molecular flexibility index (Phi) is 7.82. The van der Waals surface area contributed by atoms with Crippen molar-refractivity contribution < 1.29 is 14.7 Å². The van der Waals surface area contributed by atoms with Crippen molar-refractivity contribution in [2.45, 2.75) is 45.3 Å². The minimum Gasteiger partial charge on any atom is -0.389 e. The second-order valence-electron chi connectivity index (χ2n) is 10.0. The van der Waals surface area contributed by atoms with Crippen LogP contribution in [-0.2, 0) is 5.41 Å². The lowest BCUT2D eigenvalue weighted by molar-refractivity contribution is 0.102. The zero-order valence-electron chi connectivity index (χ0n) is 21.7. The molecule has 3 amide bonds. The number of H-pyrrole nitrogens is 1. The Balaban J connectivity index is 1.58. The number of tetrazole rings is 1. The Hall–Kier alpha value is -4.57. The molecule has 0 fully saturated rings. The van der Waals surface area contributed by atoms with E-state index in [1.54, 1.807) is 55.5 Å². The van der Waals surface area contributed by atoms with E-state index in [1.807, 2.05) is 12.1 Å². The van der Waals surface area contributed by atoms with Crippen LogP contribution in [0.2, 0.25) is 0 Å². The number of nitrogens with zero attached hydrogens (tertiary/aromatic N) is 3. The average molecular weight is 514 g/mol. The molecule has 5 N–H and O–H groups in total. The Labute approximate surface area is 220 Å². The lowest BCUT2D eigenvalue weighted by Crippen LogP contribution is -2.33. The van der Waals surface area contributed by atoms with Crippen molar-refractivity contribution >= 4 is 23.6 Å². The lowest BCUT2D eigenvalue weighted by Gasteiger charge is -2.23. The van der Waals surface area contributed by atoms with Crippen LogP contribution >= 0.6 is 0 Å². The van der Waals surface area contributed by atoms with Gasteiger partial charge in [0.05, 0.1) is 12.1 Å². The van der Waals surface area contributed by atoms with Crippen LogP contribution < -0.4 is 16.0 Å². The second kappa shape index (κ2) is 11.2. The summed E-state index contributed by atoms with van der Waals surface area (Å²) in [7, 11) is 0. The number of aromatic nitrogens is 4. The van der Waals surface area contributed by atoms with E-state index < -0.39 is 18.2 Å². The third-order valence-corrected chi connectivity index (χ3v) is 6.09. The molecule has 0 saturated carbocycles. The van der Waals surface area contributed by atoms with Gasteiger partial charge in [-0.1, -0.05) is 74.4 Å². The highest BCUT2D eigenvalue weighted by Gasteiger charge is 2.20. The molecule has 4 rings (SSSR count). The quantitative estimate of drug-likeness (QED) is 0.242. The zero-order chi connectivity index (χ0) is 27.3. The van der Waals surface area contributed by atoms with E-state index in [0.717, 1.165) is 11.1 Å². The normalized spacial score (nSPS) is 12.9. The summed E-state index contributed by atoms with van der Waals surface area (Å²) in [5, 5.41) is 31.5. The molecule has 3 aromatic carbocycles. The molecule has 0 aliphatic heterocycles. The largest absolute Gasteiger partial charge is 0.389 e. The van der Waals surface area contributed by atoms with Crippen molar-refractivity contribution in [3.05, 3.63) is 101 Å². The van der Waals surface area contributed by atoms with Crippen LogP contribution in [0, 0.1) is 0 Å². The van der Waals surface area contributed by atoms with Crippen LogP contribution in [0.15, 0.2) is 72.8 Å². The first-order valence-electron chi connectivity index (χ1n) is 12.2. The summed E-state index contributed by atoms with van der Waals surface area (Å²) in [6, 6.07) is 21.2. The Morgan fingerprint density at radius 2 is 1.55 bits per heavy atom. The first-order chi connectivity index (χ1) is 18.1. The van der Waals surface area contributed by atoms with Crippen molar-refractivity contribution in [3.63, 3.8) is 0 Å².